The molecule has 0 bridgehead atoms. The Balaban J connectivity index is 1.22. The molecule has 0 aliphatic carbocycles. The molecular formula is C40H56N6O4. The number of fused-ring (bicyclic) bond motifs is 1. The van der Waals surface area contributed by atoms with Crippen LogP contribution in [0.1, 0.15) is 71.8 Å². The van der Waals surface area contributed by atoms with Crippen molar-refractivity contribution in [3.05, 3.63) is 54.1 Å². The number of H-pyrrole nitrogens is 1. The monoisotopic (exact) mass is 684 g/mol. The number of benzene rings is 2. The molecule has 10 nitrogen and oxygen atoms in total. The molecule has 3 heterocycles. The zero-order valence-corrected chi connectivity index (χ0v) is 30.9. The van der Waals surface area contributed by atoms with Crippen molar-refractivity contribution in [1.82, 2.24) is 25.0 Å². The Morgan fingerprint density at radius 1 is 0.840 bits per heavy atom. The van der Waals surface area contributed by atoms with Gasteiger partial charge in [-0.15, -0.1) is 0 Å². The predicted octanol–water partition coefficient (Wildman–Crippen LogP) is 5.48. The van der Waals surface area contributed by atoms with Crippen molar-refractivity contribution >= 4 is 40.1 Å². The van der Waals surface area contributed by atoms with Gasteiger partial charge in [0.05, 0.1) is 18.1 Å². The third-order valence-electron chi connectivity index (χ3n) is 10.2. The molecule has 0 saturated carbocycles. The highest BCUT2D eigenvalue weighted by molar-refractivity contribution is 5.98. The number of likely N-dealkylation sites (tertiary alicyclic amines) is 2. The predicted molar refractivity (Wildman–Crippen MR) is 200 cm³/mol. The summed E-state index contributed by atoms with van der Waals surface area (Å²) in [7, 11) is 5.66. The second kappa shape index (κ2) is 16.3. The number of Topliss-reactive ketones (excluding diaryl/α,β-unsaturated/α-hetero) is 1. The molecule has 2 aliphatic heterocycles. The van der Waals surface area contributed by atoms with Gasteiger partial charge in [-0.1, -0.05) is 45.9 Å². The van der Waals surface area contributed by atoms with Crippen molar-refractivity contribution in [3.8, 4) is 11.3 Å². The molecule has 50 heavy (non-hydrogen) atoms. The van der Waals surface area contributed by atoms with Crippen LogP contribution in [0.25, 0.3) is 22.2 Å². The minimum Gasteiger partial charge on any atom is -0.355 e. The Kier molecular flexibility index (Phi) is 12.2. The molecule has 3 amide bonds. The zero-order valence-electron chi connectivity index (χ0n) is 30.9. The van der Waals surface area contributed by atoms with E-state index < -0.39 is 6.04 Å². The van der Waals surface area contributed by atoms with E-state index in [9.17, 15) is 19.2 Å². The van der Waals surface area contributed by atoms with Gasteiger partial charge < -0.3 is 25.4 Å². The number of nitrogens with one attached hydrogen (secondary N) is 3. The first-order valence-electron chi connectivity index (χ1n) is 18.4. The van der Waals surface area contributed by atoms with Crippen molar-refractivity contribution in [1.29, 1.82) is 0 Å². The van der Waals surface area contributed by atoms with Crippen LogP contribution in [0.15, 0.2) is 48.5 Å². The van der Waals surface area contributed by atoms with Gasteiger partial charge in [-0.3, -0.25) is 24.1 Å². The van der Waals surface area contributed by atoms with E-state index in [1.54, 1.807) is 9.80 Å². The van der Waals surface area contributed by atoms with E-state index in [2.05, 4.69) is 55.4 Å². The second-order valence-electron chi connectivity index (χ2n) is 15.3. The Labute approximate surface area is 297 Å². The van der Waals surface area contributed by atoms with Crippen molar-refractivity contribution < 1.29 is 19.2 Å². The van der Waals surface area contributed by atoms with Crippen LogP contribution < -0.4 is 10.6 Å². The summed E-state index contributed by atoms with van der Waals surface area (Å²) in [5.74, 6) is 0.743. The highest BCUT2D eigenvalue weighted by Gasteiger charge is 2.38. The van der Waals surface area contributed by atoms with E-state index in [1.165, 1.54) is 0 Å². The van der Waals surface area contributed by atoms with Crippen LogP contribution in [0.3, 0.4) is 0 Å². The average molecular weight is 685 g/mol. The summed E-state index contributed by atoms with van der Waals surface area (Å²) in [5.41, 5.74) is 4.49. The number of nitrogens with zero attached hydrogens (tertiary/aromatic N) is 3. The highest BCUT2D eigenvalue weighted by atomic mass is 16.2. The molecule has 2 aromatic carbocycles. The van der Waals surface area contributed by atoms with Crippen molar-refractivity contribution in [2.75, 3.05) is 39.5 Å². The summed E-state index contributed by atoms with van der Waals surface area (Å²) in [4.78, 5) is 62.6. The minimum absolute atomic E-state index is 0.0263. The van der Waals surface area contributed by atoms with E-state index in [0.29, 0.717) is 43.5 Å². The Hall–Kier alpha value is -4.02. The summed E-state index contributed by atoms with van der Waals surface area (Å²) < 4.78 is 0. The maximum atomic E-state index is 13.5. The number of carbonyl (C=O) groups is 4. The molecular weight excluding hydrogens is 628 g/mol. The number of rotatable bonds is 14. The highest BCUT2D eigenvalue weighted by Crippen LogP contribution is 2.29. The normalized spacial score (nSPS) is 19.2. The summed E-state index contributed by atoms with van der Waals surface area (Å²) in [6.07, 6.45) is 4.81. The Bertz CT molecular complexity index is 1660. The summed E-state index contributed by atoms with van der Waals surface area (Å²) in [6, 6.07) is 14.5. The van der Waals surface area contributed by atoms with Gasteiger partial charge in [-0.2, -0.15) is 0 Å². The van der Waals surface area contributed by atoms with Crippen LogP contribution in [0.2, 0.25) is 0 Å². The number of hydrogen-bond acceptors (Lipinski definition) is 6. The molecule has 0 spiro atoms. The quantitative estimate of drug-likeness (QED) is 0.207. The summed E-state index contributed by atoms with van der Waals surface area (Å²) >= 11 is 0. The van der Waals surface area contributed by atoms with Crippen molar-refractivity contribution in [2.24, 2.45) is 11.8 Å². The molecule has 10 heteroatoms. The largest absolute Gasteiger partial charge is 0.355 e. The minimum atomic E-state index is -0.473. The van der Waals surface area contributed by atoms with Crippen LogP contribution in [-0.2, 0) is 25.6 Å². The summed E-state index contributed by atoms with van der Waals surface area (Å²) in [6.45, 7) is 9.66. The lowest BCUT2D eigenvalue weighted by atomic mass is 9.99. The molecule has 5 rings (SSSR count). The second-order valence-corrected chi connectivity index (χ2v) is 15.3. The van der Waals surface area contributed by atoms with Gasteiger partial charge in [-0.25, -0.2) is 0 Å². The van der Waals surface area contributed by atoms with Gasteiger partial charge in [0, 0.05) is 41.8 Å². The first-order valence-corrected chi connectivity index (χ1v) is 18.4. The average Bonchev–Trinajstić information content (AvgIpc) is 3.85. The lowest BCUT2D eigenvalue weighted by Crippen LogP contribution is -2.51. The Morgan fingerprint density at radius 2 is 1.48 bits per heavy atom. The molecule has 4 atom stereocenters. The number of aromatic nitrogens is 1. The first kappa shape index (κ1) is 37.2. The van der Waals surface area contributed by atoms with E-state index in [1.807, 2.05) is 62.4 Å². The van der Waals surface area contributed by atoms with Crippen LogP contribution in [-0.4, -0.2) is 102 Å². The molecule has 0 radical (unpaired) electrons. The lowest BCUT2D eigenvalue weighted by molar-refractivity contribution is -0.141. The lowest BCUT2D eigenvalue weighted by Gasteiger charge is -2.32. The third kappa shape index (κ3) is 8.64. The fourth-order valence-electron chi connectivity index (χ4n) is 7.58. The van der Waals surface area contributed by atoms with E-state index in [0.717, 1.165) is 53.4 Å². The topological polar surface area (TPSA) is 118 Å². The summed E-state index contributed by atoms with van der Waals surface area (Å²) in [5, 5.41) is 7.21. The number of anilines is 1. The zero-order chi connectivity index (χ0) is 36.1. The number of amides is 3. The van der Waals surface area contributed by atoms with Gasteiger partial charge in [-0.05, 0) is 113 Å². The maximum absolute atomic E-state index is 13.5. The van der Waals surface area contributed by atoms with Crippen molar-refractivity contribution in [3.63, 3.8) is 0 Å². The number of carbonyl (C=O) groups excluding carboxylic acids is 4. The molecule has 2 aliphatic rings. The third-order valence-corrected chi connectivity index (χ3v) is 10.2. The standard InChI is InChI=1S/C40H56N6O4/c1-25(2)20-33(41-5)39(49)45-18-8-10-34(45)37(47)23-27-12-17-31-29(22-27)24-32(43-31)28-13-15-30(16-14-28)42-38(48)35-11-9-19-46(35)40(50)36(44(6)7)21-26(3)4/h12-17,22,24-26,33-36,41,43H,8-11,18-21,23H2,1-7H3,(H,42,48)/t33-,34+,35+,36-/m1/s1. The molecule has 0 unspecified atom stereocenters. The fourth-order valence-corrected chi connectivity index (χ4v) is 7.58. The van der Waals surface area contributed by atoms with Gasteiger partial charge in [0.15, 0.2) is 5.78 Å². The van der Waals surface area contributed by atoms with E-state index in [-0.39, 0.29) is 48.1 Å². The fraction of sp³-hybridized carbons (Fsp3) is 0.550. The van der Waals surface area contributed by atoms with Crippen LogP contribution in [0, 0.1) is 11.8 Å². The van der Waals surface area contributed by atoms with Gasteiger partial charge >= 0.3 is 0 Å². The van der Waals surface area contributed by atoms with Crippen molar-refractivity contribution in [2.45, 2.75) is 96.8 Å². The molecule has 2 fully saturated rings. The first-order chi connectivity index (χ1) is 23.9. The van der Waals surface area contributed by atoms with Gasteiger partial charge in [0.1, 0.15) is 6.04 Å². The Morgan fingerprint density at radius 3 is 2.10 bits per heavy atom. The molecule has 2 saturated heterocycles. The van der Waals surface area contributed by atoms with Crippen LogP contribution in [0.4, 0.5) is 5.69 Å². The molecule has 270 valence electrons. The van der Waals surface area contributed by atoms with Crippen LogP contribution >= 0.6 is 0 Å². The number of ketones is 1. The van der Waals surface area contributed by atoms with E-state index in [4.69, 9.17) is 0 Å². The number of hydrogen-bond donors (Lipinski definition) is 3. The molecule has 1 aromatic heterocycles. The molecule has 3 N–H and O–H groups in total. The number of aromatic amines is 1. The van der Waals surface area contributed by atoms with Gasteiger partial charge in [0.2, 0.25) is 17.7 Å². The number of likely N-dealkylation sites (N-methyl/N-ethyl adjacent to an activating group) is 2. The molecule has 3 aromatic rings. The smallest absolute Gasteiger partial charge is 0.247 e. The SMILES string of the molecule is CN[C@H](CC(C)C)C(=O)N1CCC[C@H]1C(=O)Cc1ccc2[nH]c(-c3ccc(NC(=O)[C@@H]4CCCN4C(=O)[C@@H](CC(C)C)N(C)C)cc3)cc2c1. The van der Waals surface area contributed by atoms with E-state index >= 15 is 0 Å². The van der Waals surface area contributed by atoms with Gasteiger partial charge in [0.25, 0.3) is 0 Å². The van der Waals surface area contributed by atoms with Crippen LogP contribution in [0.5, 0.6) is 0 Å². The maximum Gasteiger partial charge on any atom is 0.247 e.